The molecular formula is C16H27ClN2O. The summed E-state index contributed by atoms with van der Waals surface area (Å²) >= 11 is 0. The number of rotatable bonds is 3. The number of hydrogen-bond acceptors (Lipinski definition) is 2. The lowest BCUT2D eigenvalue weighted by Gasteiger charge is -2.33. The van der Waals surface area contributed by atoms with Gasteiger partial charge in [0, 0.05) is 18.0 Å². The largest absolute Gasteiger partial charge is 0.354 e. The van der Waals surface area contributed by atoms with Crippen molar-refractivity contribution >= 4 is 18.3 Å². The first-order valence-electron chi connectivity index (χ1n) is 8.25. The molecule has 1 amide bonds. The minimum atomic E-state index is -0.114. The number of hydrogen-bond donors (Lipinski definition) is 2. The normalized spacial score (nSPS) is 43.5. The van der Waals surface area contributed by atoms with Crippen LogP contribution in [0.5, 0.6) is 0 Å². The lowest BCUT2D eigenvalue weighted by molar-refractivity contribution is -0.123. The summed E-state index contributed by atoms with van der Waals surface area (Å²) in [5.41, 5.74) is 6.28. The summed E-state index contributed by atoms with van der Waals surface area (Å²) in [4.78, 5) is 12.4. The molecule has 0 aromatic heterocycles. The molecule has 0 spiro atoms. The second kappa shape index (κ2) is 5.17. The van der Waals surface area contributed by atoms with Gasteiger partial charge >= 0.3 is 0 Å². The van der Waals surface area contributed by atoms with Crippen molar-refractivity contribution in [1.82, 2.24) is 5.32 Å². The standard InChI is InChI=1S/C16H26N2O.ClH/c17-16(6-2-1-3-7-16)9-18-15(19)14-12-10-4-5-11(8-10)13(12)14;/h10-14H,1-9,17H2,(H,18,19);1H. The molecule has 20 heavy (non-hydrogen) atoms. The fourth-order valence-electron chi connectivity index (χ4n) is 5.49. The van der Waals surface area contributed by atoms with Gasteiger partial charge in [0.25, 0.3) is 0 Å². The third kappa shape index (κ3) is 2.27. The van der Waals surface area contributed by atoms with Gasteiger partial charge in [-0.05, 0) is 55.8 Å². The van der Waals surface area contributed by atoms with Crippen LogP contribution in [0.3, 0.4) is 0 Å². The van der Waals surface area contributed by atoms with E-state index in [2.05, 4.69) is 5.32 Å². The molecule has 2 bridgehead atoms. The summed E-state index contributed by atoms with van der Waals surface area (Å²) in [6.07, 6.45) is 10.1. The molecule has 114 valence electrons. The van der Waals surface area contributed by atoms with Crippen molar-refractivity contribution in [2.75, 3.05) is 6.54 Å². The van der Waals surface area contributed by atoms with E-state index in [9.17, 15) is 4.79 Å². The van der Waals surface area contributed by atoms with Gasteiger partial charge in [0.2, 0.25) is 5.91 Å². The van der Waals surface area contributed by atoms with Crippen LogP contribution in [0.1, 0.15) is 51.4 Å². The summed E-state index contributed by atoms with van der Waals surface area (Å²) in [6.45, 7) is 0.705. The van der Waals surface area contributed by atoms with Gasteiger partial charge in [-0.25, -0.2) is 0 Å². The Hall–Kier alpha value is -0.280. The van der Waals surface area contributed by atoms with Crippen LogP contribution in [0, 0.1) is 29.6 Å². The monoisotopic (exact) mass is 298 g/mol. The third-order valence-electron chi connectivity index (χ3n) is 6.50. The lowest BCUT2D eigenvalue weighted by atomic mass is 9.82. The van der Waals surface area contributed by atoms with Crippen molar-refractivity contribution in [3.05, 3.63) is 0 Å². The Labute approximate surface area is 127 Å². The topological polar surface area (TPSA) is 55.1 Å². The fraction of sp³-hybridized carbons (Fsp3) is 0.938. The average Bonchev–Trinajstić information content (AvgIpc) is 2.85. The van der Waals surface area contributed by atoms with Gasteiger partial charge in [0.15, 0.2) is 0 Å². The Morgan fingerprint density at radius 2 is 1.70 bits per heavy atom. The predicted molar refractivity (Wildman–Crippen MR) is 81.6 cm³/mol. The minimum absolute atomic E-state index is 0. The maximum absolute atomic E-state index is 12.4. The highest BCUT2D eigenvalue weighted by molar-refractivity contribution is 5.85. The highest BCUT2D eigenvalue weighted by Crippen LogP contribution is 2.69. The zero-order valence-corrected chi connectivity index (χ0v) is 13.0. The van der Waals surface area contributed by atoms with Crippen molar-refractivity contribution in [2.45, 2.75) is 56.9 Å². The van der Waals surface area contributed by atoms with E-state index in [0.717, 1.165) is 36.5 Å². The van der Waals surface area contributed by atoms with Crippen LogP contribution in [0.2, 0.25) is 0 Å². The molecule has 4 saturated carbocycles. The zero-order chi connectivity index (χ0) is 13.0. The number of nitrogens with two attached hydrogens (primary N) is 1. The molecule has 0 aliphatic heterocycles. The van der Waals surface area contributed by atoms with Crippen molar-refractivity contribution in [3.63, 3.8) is 0 Å². The Kier molecular flexibility index (Phi) is 3.79. The van der Waals surface area contributed by atoms with Crippen LogP contribution in [0.25, 0.3) is 0 Å². The summed E-state index contributed by atoms with van der Waals surface area (Å²) in [6, 6.07) is 0. The molecule has 4 atom stereocenters. The number of carbonyl (C=O) groups is 1. The Morgan fingerprint density at radius 1 is 1.10 bits per heavy atom. The van der Waals surface area contributed by atoms with Crippen molar-refractivity contribution < 1.29 is 4.79 Å². The predicted octanol–water partition coefficient (Wildman–Crippen LogP) is 2.48. The van der Waals surface area contributed by atoms with Gasteiger partial charge in [-0.2, -0.15) is 0 Å². The first-order valence-corrected chi connectivity index (χ1v) is 8.25. The molecule has 4 aliphatic carbocycles. The van der Waals surface area contributed by atoms with Crippen LogP contribution in [0.15, 0.2) is 0 Å². The molecule has 3 nitrogen and oxygen atoms in total. The van der Waals surface area contributed by atoms with Gasteiger partial charge in [-0.15, -0.1) is 12.4 Å². The molecular weight excluding hydrogens is 272 g/mol. The summed E-state index contributed by atoms with van der Waals surface area (Å²) in [7, 11) is 0. The Bertz CT molecular complexity index is 378. The van der Waals surface area contributed by atoms with Crippen LogP contribution >= 0.6 is 12.4 Å². The second-order valence-corrected chi connectivity index (χ2v) is 7.65. The van der Waals surface area contributed by atoms with Crippen molar-refractivity contribution in [3.8, 4) is 0 Å². The molecule has 4 heteroatoms. The van der Waals surface area contributed by atoms with E-state index in [1.807, 2.05) is 0 Å². The Balaban J connectivity index is 0.00000121. The summed E-state index contributed by atoms with van der Waals surface area (Å²) in [5.74, 6) is 3.94. The van der Waals surface area contributed by atoms with Crippen molar-refractivity contribution in [1.29, 1.82) is 0 Å². The van der Waals surface area contributed by atoms with E-state index in [1.165, 1.54) is 38.5 Å². The van der Waals surface area contributed by atoms with Gasteiger partial charge in [0.05, 0.1) is 0 Å². The number of halogens is 1. The van der Waals surface area contributed by atoms with Crippen LogP contribution in [0.4, 0.5) is 0 Å². The summed E-state index contributed by atoms with van der Waals surface area (Å²) in [5, 5.41) is 3.19. The van der Waals surface area contributed by atoms with E-state index in [4.69, 9.17) is 5.73 Å². The average molecular weight is 299 g/mol. The van der Waals surface area contributed by atoms with E-state index in [1.54, 1.807) is 0 Å². The molecule has 4 unspecified atom stereocenters. The lowest BCUT2D eigenvalue weighted by Crippen LogP contribution is -2.51. The van der Waals surface area contributed by atoms with Crippen molar-refractivity contribution in [2.24, 2.45) is 35.3 Å². The quantitative estimate of drug-likeness (QED) is 0.841. The number of nitrogens with one attached hydrogen (secondary N) is 1. The molecule has 4 aliphatic rings. The maximum atomic E-state index is 12.4. The van der Waals surface area contributed by atoms with E-state index < -0.39 is 0 Å². The first-order chi connectivity index (χ1) is 9.18. The molecule has 0 saturated heterocycles. The van der Waals surface area contributed by atoms with Gasteiger partial charge in [0.1, 0.15) is 0 Å². The maximum Gasteiger partial charge on any atom is 0.223 e. The molecule has 3 N–H and O–H groups in total. The van der Waals surface area contributed by atoms with E-state index in [-0.39, 0.29) is 17.9 Å². The highest BCUT2D eigenvalue weighted by Gasteiger charge is 2.67. The minimum Gasteiger partial charge on any atom is -0.354 e. The molecule has 0 heterocycles. The third-order valence-corrected chi connectivity index (χ3v) is 6.50. The molecule has 0 aromatic carbocycles. The first kappa shape index (κ1) is 14.6. The Morgan fingerprint density at radius 3 is 2.30 bits per heavy atom. The van der Waals surface area contributed by atoms with Gasteiger partial charge in [-0.1, -0.05) is 19.3 Å². The van der Waals surface area contributed by atoms with E-state index >= 15 is 0 Å². The molecule has 4 fully saturated rings. The smallest absolute Gasteiger partial charge is 0.223 e. The number of amides is 1. The van der Waals surface area contributed by atoms with E-state index in [0.29, 0.717) is 18.4 Å². The van der Waals surface area contributed by atoms with Gasteiger partial charge in [-0.3, -0.25) is 4.79 Å². The highest BCUT2D eigenvalue weighted by atomic mass is 35.5. The second-order valence-electron chi connectivity index (χ2n) is 7.65. The van der Waals surface area contributed by atoms with Gasteiger partial charge < -0.3 is 11.1 Å². The van der Waals surface area contributed by atoms with Crippen LogP contribution in [-0.2, 0) is 4.79 Å². The molecule has 4 rings (SSSR count). The van der Waals surface area contributed by atoms with Crippen LogP contribution in [-0.4, -0.2) is 18.0 Å². The number of fused-ring (bicyclic) bond motifs is 5. The fourth-order valence-corrected chi connectivity index (χ4v) is 5.49. The number of carbonyl (C=O) groups excluding carboxylic acids is 1. The zero-order valence-electron chi connectivity index (χ0n) is 12.1. The molecule has 0 aromatic rings. The molecule has 0 radical (unpaired) electrons. The summed E-state index contributed by atoms with van der Waals surface area (Å²) < 4.78 is 0. The SMILES string of the molecule is Cl.NC1(CNC(=O)C2C3C4CCC(C4)C23)CCCCC1. The van der Waals surface area contributed by atoms with Crippen LogP contribution < -0.4 is 11.1 Å².